The standard InChI is InChI=1S/C14H22N2O/c1-4-11-5-7-12(8-6-11)16-13(17)9-10-14(2,3)15/h5-8H,4,9-10,15H2,1-3H3,(H,16,17). The molecule has 1 rings (SSSR count). The van der Waals surface area contributed by atoms with Crippen LogP contribution in [0.3, 0.4) is 0 Å². The Labute approximate surface area is 103 Å². The predicted octanol–water partition coefficient (Wildman–Crippen LogP) is 2.71. The molecule has 0 radical (unpaired) electrons. The first-order chi connectivity index (χ1) is 7.90. The van der Waals surface area contributed by atoms with Gasteiger partial charge in [0.05, 0.1) is 0 Å². The van der Waals surface area contributed by atoms with Crippen molar-refractivity contribution in [2.24, 2.45) is 5.73 Å². The molecule has 3 N–H and O–H groups in total. The van der Waals surface area contributed by atoms with E-state index in [0.29, 0.717) is 12.8 Å². The van der Waals surface area contributed by atoms with Gasteiger partial charge >= 0.3 is 0 Å². The first-order valence-corrected chi connectivity index (χ1v) is 6.08. The number of benzene rings is 1. The highest BCUT2D eigenvalue weighted by Crippen LogP contribution is 2.12. The minimum Gasteiger partial charge on any atom is -0.326 e. The maximum Gasteiger partial charge on any atom is 0.224 e. The van der Waals surface area contributed by atoms with Crippen molar-refractivity contribution >= 4 is 11.6 Å². The highest BCUT2D eigenvalue weighted by atomic mass is 16.1. The molecule has 0 fully saturated rings. The van der Waals surface area contributed by atoms with Gasteiger partial charge in [0, 0.05) is 17.6 Å². The summed E-state index contributed by atoms with van der Waals surface area (Å²) in [6, 6.07) is 7.93. The van der Waals surface area contributed by atoms with Gasteiger partial charge in [-0.1, -0.05) is 19.1 Å². The van der Waals surface area contributed by atoms with Gasteiger partial charge in [-0.15, -0.1) is 0 Å². The zero-order valence-electron chi connectivity index (χ0n) is 10.9. The third-order valence-corrected chi connectivity index (χ3v) is 2.64. The lowest BCUT2D eigenvalue weighted by Crippen LogP contribution is -2.33. The number of nitrogens with two attached hydrogens (primary N) is 1. The van der Waals surface area contributed by atoms with Gasteiger partial charge in [0.15, 0.2) is 0 Å². The average molecular weight is 234 g/mol. The molecule has 0 saturated carbocycles. The molecular formula is C14H22N2O. The number of rotatable bonds is 5. The molecule has 0 spiro atoms. The molecule has 1 amide bonds. The Morgan fingerprint density at radius 3 is 2.35 bits per heavy atom. The van der Waals surface area contributed by atoms with Crippen molar-refractivity contribution in [2.45, 2.75) is 45.6 Å². The maximum absolute atomic E-state index is 11.6. The number of carbonyl (C=O) groups excluding carboxylic acids is 1. The van der Waals surface area contributed by atoms with Gasteiger partial charge in [-0.05, 0) is 44.4 Å². The van der Waals surface area contributed by atoms with Gasteiger partial charge in [0.25, 0.3) is 0 Å². The number of aryl methyl sites for hydroxylation is 1. The lowest BCUT2D eigenvalue weighted by atomic mass is 10.00. The zero-order valence-corrected chi connectivity index (χ0v) is 10.9. The molecule has 0 unspecified atom stereocenters. The van der Waals surface area contributed by atoms with Crippen molar-refractivity contribution in [1.82, 2.24) is 0 Å². The van der Waals surface area contributed by atoms with E-state index in [9.17, 15) is 4.79 Å². The van der Waals surface area contributed by atoms with Crippen LogP contribution in [0.25, 0.3) is 0 Å². The SMILES string of the molecule is CCc1ccc(NC(=O)CCC(C)(C)N)cc1. The van der Waals surface area contributed by atoms with Gasteiger partial charge in [0.1, 0.15) is 0 Å². The minimum absolute atomic E-state index is 0.0211. The van der Waals surface area contributed by atoms with Gasteiger partial charge in [-0.25, -0.2) is 0 Å². The van der Waals surface area contributed by atoms with Crippen LogP contribution in [0.5, 0.6) is 0 Å². The van der Waals surface area contributed by atoms with Crippen molar-refractivity contribution in [3.8, 4) is 0 Å². The van der Waals surface area contributed by atoms with E-state index < -0.39 is 0 Å². The summed E-state index contributed by atoms with van der Waals surface area (Å²) < 4.78 is 0. The molecule has 0 aromatic heterocycles. The molecule has 94 valence electrons. The summed E-state index contributed by atoms with van der Waals surface area (Å²) in [5, 5.41) is 2.87. The van der Waals surface area contributed by atoms with Crippen LogP contribution in [0.2, 0.25) is 0 Å². The summed E-state index contributed by atoms with van der Waals surface area (Å²) in [4.78, 5) is 11.6. The van der Waals surface area contributed by atoms with Crippen LogP contribution in [0, 0.1) is 0 Å². The van der Waals surface area contributed by atoms with E-state index in [4.69, 9.17) is 5.73 Å². The molecule has 0 saturated heterocycles. The minimum atomic E-state index is -0.288. The van der Waals surface area contributed by atoms with Crippen LogP contribution in [0.1, 0.15) is 39.2 Å². The monoisotopic (exact) mass is 234 g/mol. The fourth-order valence-electron chi connectivity index (χ4n) is 1.48. The van der Waals surface area contributed by atoms with E-state index in [-0.39, 0.29) is 11.4 Å². The quantitative estimate of drug-likeness (QED) is 0.823. The second kappa shape index (κ2) is 5.82. The molecule has 17 heavy (non-hydrogen) atoms. The fourth-order valence-corrected chi connectivity index (χ4v) is 1.48. The van der Waals surface area contributed by atoms with Crippen LogP contribution in [-0.4, -0.2) is 11.4 Å². The van der Waals surface area contributed by atoms with E-state index in [1.807, 2.05) is 38.1 Å². The predicted molar refractivity (Wildman–Crippen MR) is 72.0 cm³/mol. The third-order valence-electron chi connectivity index (χ3n) is 2.64. The Morgan fingerprint density at radius 1 is 1.29 bits per heavy atom. The largest absolute Gasteiger partial charge is 0.326 e. The molecule has 0 atom stereocenters. The van der Waals surface area contributed by atoms with Crippen molar-refractivity contribution in [3.05, 3.63) is 29.8 Å². The topological polar surface area (TPSA) is 55.1 Å². The first kappa shape index (κ1) is 13.7. The molecule has 3 heteroatoms. The Bertz CT molecular complexity index is 363. The van der Waals surface area contributed by atoms with Gasteiger partial charge in [0.2, 0.25) is 5.91 Å². The van der Waals surface area contributed by atoms with Crippen molar-refractivity contribution in [1.29, 1.82) is 0 Å². The normalized spacial score (nSPS) is 11.3. The summed E-state index contributed by atoms with van der Waals surface area (Å²) >= 11 is 0. The van der Waals surface area contributed by atoms with E-state index in [0.717, 1.165) is 12.1 Å². The summed E-state index contributed by atoms with van der Waals surface area (Å²) in [7, 11) is 0. The van der Waals surface area contributed by atoms with Crippen molar-refractivity contribution in [3.63, 3.8) is 0 Å². The molecule has 0 aliphatic rings. The average Bonchev–Trinajstić information content (AvgIpc) is 2.27. The molecule has 1 aromatic rings. The third kappa shape index (κ3) is 5.50. The van der Waals surface area contributed by atoms with Crippen LogP contribution in [-0.2, 0) is 11.2 Å². The van der Waals surface area contributed by atoms with Gasteiger partial charge in [-0.2, -0.15) is 0 Å². The Kier molecular flexibility index (Phi) is 4.70. The molecule has 0 heterocycles. The molecule has 0 aliphatic heterocycles. The van der Waals surface area contributed by atoms with Crippen LogP contribution >= 0.6 is 0 Å². The lowest BCUT2D eigenvalue weighted by molar-refractivity contribution is -0.116. The highest BCUT2D eigenvalue weighted by Gasteiger charge is 2.13. The van der Waals surface area contributed by atoms with E-state index in [1.54, 1.807) is 0 Å². The number of carbonyl (C=O) groups is 1. The maximum atomic E-state index is 11.6. The fraction of sp³-hybridized carbons (Fsp3) is 0.500. The second-order valence-corrected chi connectivity index (χ2v) is 5.09. The number of hydrogen-bond donors (Lipinski definition) is 2. The lowest BCUT2D eigenvalue weighted by Gasteiger charge is -2.17. The second-order valence-electron chi connectivity index (χ2n) is 5.09. The Hall–Kier alpha value is -1.35. The van der Waals surface area contributed by atoms with Crippen molar-refractivity contribution in [2.75, 3.05) is 5.32 Å². The molecule has 0 aliphatic carbocycles. The Morgan fingerprint density at radius 2 is 1.88 bits per heavy atom. The molecule has 0 bridgehead atoms. The number of amides is 1. The van der Waals surface area contributed by atoms with Crippen molar-refractivity contribution < 1.29 is 4.79 Å². The summed E-state index contributed by atoms with van der Waals surface area (Å²) in [5.74, 6) is 0.0211. The number of nitrogens with one attached hydrogen (secondary N) is 1. The Balaban J connectivity index is 2.45. The van der Waals surface area contributed by atoms with E-state index in [2.05, 4.69) is 12.2 Å². The van der Waals surface area contributed by atoms with E-state index in [1.165, 1.54) is 5.56 Å². The van der Waals surface area contributed by atoms with Gasteiger partial charge in [-0.3, -0.25) is 4.79 Å². The van der Waals surface area contributed by atoms with Crippen LogP contribution in [0.15, 0.2) is 24.3 Å². The smallest absolute Gasteiger partial charge is 0.224 e. The number of anilines is 1. The van der Waals surface area contributed by atoms with Crippen LogP contribution < -0.4 is 11.1 Å². The summed E-state index contributed by atoms with van der Waals surface area (Å²) in [6.07, 6.45) is 2.15. The number of hydrogen-bond acceptors (Lipinski definition) is 2. The van der Waals surface area contributed by atoms with E-state index >= 15 is 0 Å². The van der Waals surface area contributed by atoms with Crippen LogP contribution in [0.4, 0.5) is 5.69 Å². The molecule has 3 nitrogen and oxygen atoms in total. The zero-order chi connectivity index (χ0) is 12.9. The van der Waals surface area contributed by atoms with Gasteiger partial charge < -0.3 is 11.1 Å². The summed E-state index contributed by atoms with van der Waals surface area (Å²) in [6.45, 7) is 5.96. The molecule has 1 aromatic carbocycles. The highest BCUT2D eigenvalue weighted by molar-refractivity contribution is 5.90. The molecular weight excluding hydrogens is 212 g/mol. The first-order valence-electron chi connectivity index (χ1n) is 6.08. The summed E-state index contributed by atoms with van der Waals surface area (Å²) in [5.41, 5.74) is 7.67.